The van der Waals surface area contributed by atoms with Gasteiger partial charge < -0.3 is 29.4 Å². The van der Waals surface area contributed by atoms with E-state index in [2.05, 4.69) is 25.3 Å². The van der Waals surface area contributed by atoms with Crippen molar-refractivity contribution in [3.05, 3.63) is 96.3 Å². The number of benzene rings is 3. The van der Waals surface area contributed by atoms with Crippen LogP contribution in [0.5, 0.6) is 11.6 Å². The van der Waals surface area contributed by atoms with E-state index in [0.29, 0.717) is 49.5 Å². The Hall–Kier alpha value is -6.57. The standard InChI is InChI=1S/C46H44F4N6O9S/c1-44(21-22-44)66(61,62)55-42(59)45-24-28(45)9-5-3-2-4-6-11-33(51-43(60)64-30-19-17-29(47)18-20-30)41(58)56-25-31(23-34(56)39(57)54-45)63-40-37-36(32-10-7-8-12-35(32)65-37)52-38(53-40)26-13-15-27(16-14-26)46(48,49)50/h5,7-10,12-20,28,31,33-34H,2-4,6,11,21-25H2,1H3,(H,51,60)(H,54,57)(H,55,59)/b9-5-/t28-,31-,33+,34+,45-/m1/s1. The number of nitrogens with one attached hydrogen (secondary N) is 3. The third-order valence-electron chi connectivity index (χ3n) is 12.7. The maximum atomic E-state index is 14.8. The quantitative estimate of drug-likeness (QED) is 0.106. The first kappa shape index (κ1) is 44.6. The number of carbonyl (C=O) groups excluding carboxylic acids is 4. The van der Waals surface area contributed by atoms with E-state index in [0.717, 1.165) is 24.3 Å². The van der Waals surface area contributed by atoms with Gasteiger partial charge in [-0.3, -0.25) is 19.1 Å². The lowest BCUT2D eigenvalue weighted by Crippen LogP contribution is -2.58. The molecule has 5 atom stereocenters. The molecule has 15 nitrogen and oxygen atoms in total. The fourth-order valence-corrected chi connectivity index (χ4v) is 9.78. The molecule has 20 heteroatoms. The molecule has 3 fully saturated rings. The number of ether oxygens (including phenoxy) is 2. The Bertz CT molecular complexity index is 2870. The van der Waals surface area contributed by atoms with Gasteiger partial charge in [0.15, 0.2) is 5.82 Å². The summed E-state index contributed by atoms with van der Waals surface area (Å²) >= 11 is 0. The number of furan rings is 1. The van der Waals surface area contributed by atoms with E-state index in [1.165, 1.54) is 36.1 Å². The molecule has 0 bridgehead atoms. The summed E-state index contributed by atoms with van der Waals surface area (Å²) in [6.07, 6.45) is 0.150. The summed E-state index contributed by atoms with van der Waals surface area (Å²) in [7, 11) is -4.10. The maximum absolute atomic E-state index is 14.8. The fraction of sp³-hybridized carbons (Fsp3) is 0.391. The van der Waals surface area contributed by atoms with Gasteiger partial charge in [0.05, 0.1) is 16.9 Å². The molecule has 0 spiro atoms. The highest BCUT2D eigenvalue weighted by Crippen LogP contribution is 2.48. The van der Waals surface area contributed by atoms with Crippen molar-refractivity contribution < 1.29 is 59.0 Å². The smallest absolute Gasteiger partial charge is 0.416 e. The van der Waals surface area contributed by atoms with Crippen LogP contribution < -0.4 is 24.8 Å². The van der Waals surface area contributed by atoms with Crippen molar-refractivity contribution in [1.82, 2.24) is 30.2 Å². The molecule has 346 valence electrons. The summed E-state index contributed by atoms with van der Waals surface area (Å²) < 4.78 is 99.8. The molecule has 66 heavy (non-hydrogen) atoms. The lowest BCUT2D eigenvalue weighted by molar-refractivity contribution is -0.141. The predicted octanol–water partition coefficient (Wildman–Crippen LogP) is 7.10. The van der Waals surface area contributed by atoms with Crippen LogP contribution in [0.25, 0.3) is 33.5 Å². The van der Waals surface area contributed by atoms with Gasteiger partial charge in [0.25, 0.3) is 11.8 Å². The molecule has 4 amide bonds. The van der Waals surface area contributed by atoms with Crippen LogP contribution in [-0.2, 0) is 30.6 Å². The summed E-state index contributed by atoms with van der Waals surface area (Å²) in [5.41, 5.74) is -1.54. The van der Waals surface area contributed by atoms with Crippen LogP contribution in [0.3, 0.4) is 0 Å². The van der Waals surface area contributed by atoms with Crippen molar-refractivity contribution in [3.8, 4) is 23.0 Å². The average molecular weight is 933 g/mol. The first-order chi connectivity index (χ1) is 31.4. The number of sulfonamides is 1. The van der Waals surface area contributed by atoms with Gasteiger partial charge in [-0.15, -0.1) is 0 Å². The van der Waals surface area contributed by atoms with Crippen molar-refractivity contribution in [1.29, 1.82) is 0 Å². The molecule has 2 aliphatic carbocycles. The maximum Gasteiger partial charge on any atom is 0.416 e. The van der Waals surface area contributed by atoms with E-state index in [1.807, 2.05) is 6.08 Å². The molecule has 5 aromatic rings. The second-order valence-corrected chi connectivity index (χ2v) is 19.6. The second-order valence-electron chi connectivity index (χ2n) is 17.4. The summed E-state index contributed by atoms with van der Waals surface area (Å²) in [4.78, 5) is 67.2. The van der Waals surface area contributed by atoms with Crippen LogP contribution in [-0.4, -0.2) is 82.1 Å². The van der Waals surface area contributed by atoms with Gasteiger partial charge in [-0.2, -0.15) is 18.2 Å². The summed E-state index contributed by atoms with van der Waals surface area (Å²) in [5, 5.41) is 5.98. The van der Waals surface area contributed by atoms with Crippen LogP contribution in [0.15, 0.2) is 89.4 Å². The van der Waals surface area contributed by atoms with Crippen LogP contribution in [0.2, 0.25) is 0 Å². The Kier molecular flexibility index (Phi) is 11.5. The Balaban J connectivity index is 1.06. The zero-order valence-electron chi connectivity index (χ0n) is 35.4. The number of allylic oxidation sites excluding steroid dienone is 1. The number of hydrogen-bond donors (Lipinski definition) is 3. The Labute approximate surface area is 375 Å². The number of para-hydroxylation sites is 1. The van der Waals surface area contributed by atoms with Gasteiger partial charge in [0.2, 0.25) is 27.4 Å². The van der Waals surface area contributed by atoms with Gasteiger partial charge in [-0.1, -0.05) is 49.3 Å². The number of rotatable bonds is 8. The summed E-state index contributed by atoms with van der Waals surface area (Å²) in [6.45, 7) is 1.27. The van der Waals surface area contributed by atoms with Gasteiger partial charge in [-0.25, -0.2) is 22.6 Å². The van der Waals surface area contributed by atoms with Crippen molar-refractivity contribution in [2.24, 2.45) is 5.92 Å². The third-order valence-corrected chi connectivity index (χ3v) is 14.9. The number of halogens is 4. The molecular weight excluding hydrogens is 889 g/mol. The van der Waals surface area contributed by atoms with Crippen LogP contribution >= 0.6 is 0 Å². The van der Waals surface area contributed by atoms with Gasteiger partial charge in [0.1, 0.15) is 46.4 Å². The molecule has 1 saturated heterocycles. The highest BCUT2D eigenvalue weighted by molar-refractivity contribution is 7.91. The number of fused-ring (bicyclic) bond motifs is 5. The molecule has 2 aromatic heterocycles. The normalized spacial score (nSPS) is 24.8. The molecule has 3 aromatic carbocycles. The minimum Gasteiger partial charge on any atom is -0.470 e. The summed E-state index contributed by atoms with van der Waals surface area (Å²) in [6, 6.07) is 13.2. The van der Waals surface area contributed by atoms with Crippen LogP contribution in [0.4, 0.5) is 22.4 Å². The monoisotopic (exact) mass is 932 g/mol. The van der Waals surface area contributed by atoms with Gasteiger partial charge in [-0.05, 0) is 94.0 Å². The minimum atomic E-state index is -4.59. The predicted molar refractivity (Wildman–Crippen MR) is 230 cm³/mol. The van der Waals surface area contributed by atoms with E-state index >= 15 is 0 Å². The third kappa shape index (κ3) is 8.89. The molecule has 0 unspecified atom stereocenters. The molecule has 3 N–H and O–H groups in total. The number of aromatic nitrogens is 2. The number of nitrogens with zero attached hydrogens (tertiary/aromatic N) is 3. The summed E-state index contributed by atoms with van der Waals surface area (Å²) in [5.74, 6) is -3.63. The van der Waals surface area contributed by atoms with Crippen molar-refractivity contribution in [2.75, 3.05) is 6.54 Å². The fourth-order valence-electron chi connectivity index (χ4n) is 8.47. The largest absolute Gasteiger partial charge is 0.470 e. The highest BCUT2D eigenvalue weighted by atomic mass is 32.2. The first-order valence-electron chi connectivity index (χ1n) is 21.6. The molecule has 4 aliphatic rings. The Morgan fingerprint density at radius 1 is 0.970 bits per heavy atom. The van der Waals surface area contributed by atoms with Crippen molar-refractivity contribution >= 4 is 55.9 Å². The lowest BCUT2D eigenvalue weighted by Gasteiger charge is -2.29. The number of carbonyl (C=O) groups is 4. The number of hydrogen-bond acceptors (Lipinski definition) is 11. The molecule has 2 aliphatic heterocycles. The Morgan fingerprint density at radius 3 is 2.44 bits per heavy atom. The molecular formula is C46H44F4N6O9S. The highest BCUT2D eigenvalue weighted by Gasteiger charge is 2.63. The van der Waals surface area contributed by atoms with Crippen LogP contribution in [0, 0.1) is 11.7 Å². The van der Waals surface area contributed by atoms with E-state index in [4.69, 9.17) is 13.9 Å². The van der Waals surface area contributed by atoms with E-state index in [9.17, 15) is 45.2 Å². The SMILES string of the molecule is CC1(S(=O)(=O)NC(=O)[C@@]23C[C@H]2/C=C\CCCCC[C@H](NC(=O)Oc2ccc(F)cc2)C(=O)N2C[C@H](Oc4nc(-c5ccc(C(F)(F)F)cc5)nc5c4oc4ccccc45)C[C@H]2C(=O)N3)CC1. The van der Waals surface area contributed by atoms with Gasteiger partial charge in [0, 0.05) is 23.3 Å². The van der Waals surface area contributed by atoms with Crippen molar-refractivity contribution in [3.63, 3.8) is 0 Å². The molecule has 2 saturated carbocycles. The molecule has 4 heterocycles. The zero-order chi connectivity index (χ0) is 46.6. The van der Waals surface area contributed by atoms with Crippen molar-refractivity contribution in [2.45, 2.75) is 99.4 Å². The average Bonchev–Trinajstić information content (AvgIpc) is 4.10. The number of alkyl halides is 3. The Morgan fingerprint density at radius 2 is 1.71 bits per heavy atom. The zero-order valence-corrected chi connectivity index (χ0v) is 36.2. The molecule has 0 radical (unpaired) electrons. The first-order valence-corrected chi connectivity index (χ1v) is 23.0. The van der Waals surface area contributed by atoms with Gasteiger partial charge >= 0.3 is 12.3 Å². The minimum absolute atomic E-state index is 0.000774. The van der Waals surface area contributed by atoms with E-state index < -0.39 is 85.8 Å². The topological polar surface area (TPSA) is 199 Å². The molecule has 9 rings (SSSR count). The van der Waals surface area contributed by atoms with E-state index in [-0.39, 0.29) is 59.9 Å². The van der Waals surface area contributed by atoms with Crippen LogP contribution in [0.1, 0.15) is 70.3 Å². The second kappa shape index (κ2) is 17.0. The van der Waals surface area contributed by atoms with E-state index in [1.54, 1.807) is 30.3 Å². The lowest BCUT2D eigenvalue weighted by atomic mass is 10.0. The number of amides is 4.